The van der Waals surface area contributed by atoms with Crippen LogP contribution >= 0.6 is 0 Å². The van der Waals surface area contributed by atoms with Gasteiger partial charge in [-0.1, -0.05) is 25.7 Å². The molecule has 2 saturated heterocycles. The molecule has 4 N–H and O–H groups in total. The summed E-state index contributed by atoms with van der Waals surface area (Å²) < 4.78 is 31.7. The van der Waals surface area contributed by atoms with Crippen LogP contribution in [0.5, 0.6) is 0 Å². The summed E-state index contributed by atoms with van der Waals surface area (Å²) in [5, 5.41) is 21.3. The van der Waals surface area contributed by atoms with E-state index in [1.807, 2.05) is 29.2 Å². The quantitative estimate of drug-likeness (QED) is 0.213. The van der Waals surface area contributed by atoms with Gasteiger partial charge in [0.15, 0.2) is 0 Å². The Labute approximate surface area is 236 Å². The van der Waals surface area contributed by atoms with E-state index in [0.29, 0.717) is 32.4 Å². The van der Waals surface area contributed by atoms with Crippen LogP contribution in [0.2, 0.25) is 0 Å². The lowest BCUT2D eigenvalue weighted by Gasteiger charge is -2.36. The molecule has 14 heteroatoms. The molecule has 2 aliphatic rings. The first kappa shape index (κ1) is 33.4. The SMILES string of the molecule is O=C(O)C(F)(F)F.O=C(O)CCCCCCCCC(=O)N1CCN(c2ccc(NC3CCC(=O)NC3=O)cc2)CC1. The van der Waals surface area contributed by atoms with Gasteiger partial charge < -0.3 is 25.3 Å². The average Bonchev–Trinajstić information content (AvgIpc) is 2.92. The number of benzene rings is 1. The lowest BCUT2D eigenvalue weighted by Crippen LogP contribution is -2.48. The normalized spacial score (nSPS) is 17.3. The maximum absolute atomic E-state index is 12.5. The lowest BCUT2D eigenvalue weighted by molar-refractivity contribution is -0.192. The van der Waals surface area contributed by atoms with Crippen molar-refractivity contribution in [3.05, 3.63) is 24.3 Å². The highest BCUT2D eigenvalue weighted by Crippen LogP contribution is 2.22. The van der Waals surface area contributed by atoms with E-state index in [2.05, 4.69) is 15.5 Å². The molecule has 11 nitrogen and oxygen atoms in total. The van der Waals surface area contributed by atoms with Crippen molar-refractivity contribution in [1.82, 2.24) is 10.2 Å². The fourth-order valence-corrected chi connectivity index (χ4v) is 4.43. The average molecular weight is 587 g/mol. The van der Waals surface area contributed by atoms with E-state index in [1.54, 1.807) is 0 Å². The van der Waals surface area contributed by atoms with Gasteiger partial charge in [-0.3, -0.25) is 24.5 Å². The molecule has 228 valence electrons. The van der Waals surface area contributed by atoms with Crippen molar-refractivity contribution in [3.63, 3.8) is 0 Å². The zero-order valence-corrected chi connectivity index (χ0v) is 22.8. The molecule has 41 heavy (non-hydrogen) atoms. The van der Waals surface area contributed by atoms with Crippen molar-refractivity contribution in [2.45, 2.75) is 76.4 Å². The minimum Gasteiger partial charge on any atom is -0.481 e. The zero-order valence-electron chi connectivity index (χ0n) is 22.8. The third-order valence-corrected chi connectivity index (χ3v) is 6.72. The Morgan fingerprint density at radius 1 is 0.878 bits per heavy atom. The van der Waals surface area contributed by atoms with Gasteiger partial charge in [0.1, 0.15) is 6.04 Å². The number of halogens is 3. The number of carbonyl (C=O) groups is 5. The third kappa shape index (κ3) is 12.5. The van der Waals surface area contributed by atoms with Crippen LogP contribution in [-0.4, -0.2) is 83.2 Å². The van der Waals surface area contributed by atoms with Crippen LogP contribution in [0.25, 0.3) is 0 Å². The number of piperidine rings is 1. The Balaban J connectivity index is 0.000000745. The molecule has 3 amide bonds. The molecule has 2 heterocycles. The fourth-order valence-electron chi connectivity index (χ4n) is 4.43. The number of hydrogen-bond acceptors (Lipinski definition) is 7. The van der Waals surface area contributed by atoms with Gasteiger partial charge in [-0.05, 0) is 43.5 Å². The second kappa shape index (κ2) is 16.4. The minimum atomic E-state index is -5.08. The second-order valence-corrected chi connectivity index (χ2v) is 9.88. The summed E-state index contributed by atoms with van der Waals surface area (Å²) in [5.74, 6) is -3.77. The van der Waals surface area contributed by atoms with Crippen LogP contribution in [-0.2, 0) is 24.0 Å². The van der Waals surface area contributed by atoms with Crippen LogP contribution in [0.4, 0.5) is 24.5 Å². The first-order valence-corrected chi connectivity index (χ1v) is 13.6. The fraction of sp³-hybridized carbons (Fsp3) is 0.593. The van der Waals surface area contributed by atoms with Gasteiger partial charge in [0.25, 0.3) is 0 Å². The molecule has 1 aromatic rings. The van der Waals surface area contributed by atoms with Gasteiger partial charge in [0, 0.05) is 56.8 Å². The highest BCUT2D eigenvalue weighted by Gasteiger charge is 2.38. The van der Waals surface area contributed by atoms with Crippen molar-refractivity contribution in [1.29, 1.82) is 0 Å². The number of amides is 3. The summed E-state index contributed by atoms with van der Waals surface area (Å²) in [4.78, 5) is 59.3. The Hall–Kier alpha value is -3.84. The van der Waals surface area contributed by atoms with E-state index >= 15 is 0 Å². The number of nitrogens with zero attached hydrogens (tertiary/aromatic N) is 2. The van der Waals surface area contributed by atoms with Crippen molar-refractivity contribution < 1.29 is 47.4 Å². The van der Waals surface area contributed by atoms with Crippen LogP contribution in [0.3, 0.4) is 0 Å². The molecule has 1 aromatic carbocycles. The third-order valence-electron chi connectivity index (χ3n) is 6.72. The largest absolute Gasteiger partial charge is 0.490 e. The predicted octanol–water partition coefficient (Wildman–Crippen LogP) is 3.39. The van der Waals surface area contributed by atoms with Gasteiger partial charge in [0.2, 0.25) is 17.7 Å². The summed E-state index contributed by atoms with van der Waals surface area (Å²) in [5.41, 5.74) is 1.93. The van der Waals surface area contributed by atoms with Crippen LogP contribution < -0.4 is 15.5 Å². The summed E-state index contributed by atoms with van der Waals surface area (Å²) in [7, 11) is 0. The number of piperazine rings is 1. The van der Waals surface area contributed by atoms with E-state index in [1.165, 1.54) is 0 Å². The number of hydrogen-bond donors (Lipinski definition) is 4. The number of carboxylic acids is 2. The van der Waals surface area contributed by atoms with Crippen LogP contribution in [0.15, 0.2) is 24.3 Å². The Kier molecular flexibility index (Phi) is 13.4. The van der Waals surface area contributed by atoms with Gasteiger partial charge >= 0.3 is 18.1 Å². The number of rotatable bonds is 12. The Morgan fingerprint density at radius 2 is 1.41 bits per heavy atom. The molecule has 0 aromatic heterocycles. The number of carbonyl (C=O) groups excluding carboxylic acids is 3. The van der Waals surface area contributed by atoms with Gasteiger partial charge in [-0.2, -0.15) is 13.2 Å². The van der Waals surface area contributed by atoms with Crippen molar-refractivity contribution in [2.24, 2.45) is 0 Å². The maximum atomic E-state index is 12.5. The molecule has 0 radical (unpaired) electrons. The summed E-state index contributed by atoms with van der Waals surface area (Å²) in [6.07, 6.45) is 2.24. The zero-order chi connectivity index (χ0) is 30.4. The number of unbranched alkanes of at least 4 members (excludes halogenated alkanes) is 5. The molecule has 2 aliphatic heterocycles. The van der Waals surface area contributed by atoms with Crippen LogP contribution in [0.1, 0.15) is 64.2 Å². The van der Waals surface area contributed by atoms with E-state index in [-0.39, 0.29) is 24.1 Å². The van der Waals surface area contributed by atoms with E-state index < -0.39 is 24.2 Å². The second-order valence-electron chi connectivity index (χ2n) is 9.88. The molecule has 0 spiro atoms. The minimum absolute atomic E-state index is 0.217. The van der Waals surface area contributed by atoms with Crippen molar-refractivity contribution in [2.75, 3.05) is 36.4 Å². The summed E-state index contributed by atoms with van der Waals surface area (Å²) in [6.45, 7) is 3.00. The highest BCUT2D eigenvalue weighted by molar-refractivity contribution is 6.01. The maximum Gasteiger partial charge on any atom is 0.490 e. The molecule has 2 fully saturated rings. The van der Waals surface area contributed by atoms with Gasteiger partial charge in [-0.25, -0.2) is 4.79 Å². The number of aliphatic carboxylic acids is 2. The Morgan fingerprint density at radius 3 is 1.93 bits per heavy atom. The molecule has 0 saturated carbocycles. The van der Waals surface area contributed by atoms with E-state index in [9.17, 15) is 32.3 Å². The van der Waals surface area contributed by atoms with E-state index in [0.717, 1.165) is 63.0 Å². The summed E-state index contributed by atoms with van der Waals surface area (Å²) in [6, 6.07) is 7.52. The van der Waals surface area contributed by atoms with Crippen LogP contribution in [0, 0.1) is 0 Å². The van der Waals surface area contributed by atoms with E-state index in [4.69, 9.17) is 15.0 Å². The van der Waals surface area contributed by atoms with Gasteiger partial charge in [0.05, 0.1) is 0 Å². The molecular formula is C27H37F3N4O7. The standard InChI is InChI=1S/C25H36N4O5.C2HF3O2/c30-22-14-13-21(25(34)27-22)26-19-9-11-20(12-10-19)28-15-17-29(18-16-28)23(31)7-5-3-1-2-4-6-8-24(32)33;3-2(4,5)1(6)7/h9-12,21,26H,1-8,13-18H2,(H,32,33)(H,27,30,34);(H,6,7). The molecule has 3 rings (SSSR count). The number of imide groups is 1. The molecule has 1 atom stereocenters. The smallest absolute Gasteiger partial charge is 0.481 e. The first-order valence-electron chi connectivity index (χ1n) is 13.6. The topological polar surface area (TPSA) is 156 Å². The predicted molar refractivity (Wildman–Crippen MR) is 143 cm³/mol. The van der Waals surface area contributed by atoms with Gasteiger partial charge in [-0.15, -0.1) is 0 Å². The molecular weight excluding hydrogens is 549 g/mol. The molecule has 0 bridgehead atoms. The lowest BCUT2D eigenvalue weighted by atomic mass is 10.1. The number of anilines is 2. The van der Waals surface area contributed by atoms with Crippen molar-refractivity contribution >= 4 is 41.0 Å². The summed E-state index contributed by atoms with van der Waals surface area (Å²) >= 11 is 0. The monoisotopic (exact) mass is 586 g/mol. The molecule has 0 aliphatic carbocycles. The Bertz CT molecular complexity index is 1040. The first-order chi connectivity index (χ1) is 19.4. The van der Waals surface area contributed by atoms with Crippen molar-refractivity contribution in [3.8, 4) is 0 Å². The number of nitrogens with one attached hydrogen (secondary N) is 2. The highest BCUT2D eigenvalue weighted by atomic mass is 19.4. The number of alkyl halides is 3. The number of carboxylic acid groups (broad SMARTS) is 2. The molecule has 1 unspecified atom stereocenters.